The Morgan fingerprint density at radius 2 is 1.44 bits per heavy atom. The van der Waals surface area contributed by atoms with E-state index in [2.05, 4.69) is 15.5 Å². The maximum atomic E-state index is 12.9. The number of piperidine rings is 1. The number of ketones is 1. The smallest absolute Gasteiger partial charge is 0.251 e. The van der Waals surface area contributed by atoms with Crippen LogP contribution in [0, 0.1) is 6.92 Å². The number of hydrogen-bond donors (Lipinski definition) is 2. The molecule has 1 fully saturated rings. The van der Waals surface area contributed by atoms with Gasteiger partial charge in [0.05, 0.1) is 12.2 Å². The number of amides is 2. The van der Waals surface area contributed by atoms with Gasteiger partial charge in [-0.15, -0.1) is 0 Å². The maximum Gasteiger partial charge on any atom is 0.251 e. The molecular weight excluding hydrogens is 426 g/mol. The molecule has 1 heterocycles. The number of rotatable bonds is 7. The van der Waals surface area contributed by atoms with Crippen molar-refractivity contribution < 1.29 is 14.4 Å². The number of carbonyl (C=O) groups excluding carboxylic acids is 3. The lowest BCUT2D eigenvalue weighted by molar-refractivity contribution is -0.117. The van der Waals surface area contributed by atoms with Crippen molar-refractivity contribution in [3.63, 3.8) is 0 Å². The maximum absolute atomic E-state index is 12.9. The van der Waals surface area contributed by atoms with Gasteiger partial charge in [-0.1, -0.05) is 60.7 Å². The fourth-order valence-electron chi connectivity index (χ4n) is 4.25. The number of anilines is 1. The molecule has 6 heteroatoms. The lowest BCUT2D eigenvalue weighted by atomic mass is 10.0. The summed E-state index contributed by atoms with van der Waals surface area (Å²) in [5.41, 5.74) is 3.23. The molecule has 0 saturated carbocycles. The van der Waals surface area contributed by atoms with Crippen molar-refractivity contribution >= 4 is 23.3 Å². The molecule has 174 valence electrons. The second kappa shape index (κ2) is 10.9. The summed E-state index contributed by atoms with van der Waals surface area (Å²) in [6, 6.07) is 23.8. The average Bonchev–Trinajstić information content (AvgIpc) is 2.86. The summed E-state index contributed by atoms with van der Waals surface area (Å²) in [5, 5.41) is 6.03. The Kier molecular flexibility index (Phi) is 7.50. The van der Waals surface area contributed by atoms with Gasteiger partial charge < -0.3 is 10.6 Å². The molecule has 1 saturated heterocycles. The van der Waals surface area contributed by atoms with Crippen molar-refractivity contribution in [2.24, 2.45) is 0 Å². The summed E-state index contributed by atoms with van der Waals surface area (Å²) in [5.74, 6) is -0.327. The number of benzene rings is 3. The Labute approximate surface area is 200 Å². The highest BCUT2D eigenvalue weighted by Gasteiger charge is 2.23. The van der Waals surface area contributed by atoms with Gasteiger partial charge in [-0.3, -0.25) is 19.3 Å². The number of nitrogens with one attached hydrogen (secondary N) is 2. The highest BCUT2D eigenvalue weighted by molar-refractivity contribution is 6.13. The number of nitrogens with zero attached hydrogens (tertiary/aromatic N) is 1. The lowest BCUT2D eigenvalue weighted by Gasteiger charge is -2.32. The zero-order valence-corrected chi connectivity index (χ0v) is 19.3. The molecule has 1 aliphatic heterocycles. The highest BCUT2D eigenvalue weighted by Crippen LogP contribution is 2.20. The monoisotopic (exact) mass is 455 g/mol. The average molecular weight is 456 g/mol. The standard InChI is InChI=1S/C28H29N3O3/c1-20-9-5-6-12-23(20)28(34)29-22-15-17-31(18-16-22)19-26(32)30-25-14-8-7-13-24(25)27(33)21-10-3-2-4-11-21/h2-14,22H,15-19H2,1H3,(H,29,34)(H,30,32). The predicted octanol–water partition coefficient (Wildman–Crippen LogP) is 4.06. The topological polar surface area (TPSA) is 78.5 Å². The summed E-state index contributed by atoms with van der Waals surface area (Å²) >= 11 is 0. The van der Waals surface area contributed by atoms with Gasteiger partial charge >= 0.3 is 0 Å². The van der Waals surface area contributed by atoms with Crippen LogP contribution in [0.1, 0.15) is 44.7 Å². The first-order chi connectivity index (χ1) is 16.5. The Morgan fingerprint density at radius 1 is 0.824 bits per heavy atom. The van der Waals surface area contributed by atoms with E-state index in [0.717, 1.165) is 31.5 Å². The molecule has 3 aromatic carbocycles. The van der Waals surface area contributed by atoms with E-state index in [9.17, 15) is 14.4 Å². The van der Waals surface area contributed by atoms with E-state index in [1.165, 1.54) is 0 Å². The highest BCUT2D eigenvalue weighted by atomic mass is 16.2. The minimum atomic E-state index is -0.157. The van der Waals surface area contributed by atoms with E-state index < -0.39 is 0 Å². The molecule has 0 aromatic heterocycles. The van der Waals surface area contributed by atoms with Gasteiger partial charge in [-0.05, 0) is 43.5 Å². The molecule has 0 atom stereocenters. The first-order valence-corrected chi connectivity index (χ1v) is 11.6. The first-order valence-electron chi connectivity index (χ1n) is 11.6. The number of likely N-dealkylation sites (tertiary alicyclic amines) is 1. The molecule has 4 rings (SSSR count). The van der Waals surface area contributed by atoms with E-state index in [0.29, 0.717) is 22.4 Å². The Hall–Kier alpha value is -3.77. The molecule has 0 bridgehead atoms. The van der Waals surface area contributed by atoms with E-state index in [4.69, 9.17) is 0 Å². The second-order valence-corrected chi connectivity index (χ2v) is 8.63. The zero-order chi connectivity index (χ0) is 23.9. The molecule has 34 heavy (non-hydrogen) atoms. The summed E-state index contributed by atoms with van der Waals surface area (Å²) in [6.07, 6.45) is 1.57. The largest absolute Gasteiger partial charge is 0.349 e. The minimum absolute atomic E-state index is 0.0472. The van der Waals surface area contributed by atoms with Crippen LogP contribution in [-0.2, 0) is 4.79 Å². The molecule has 0 radical (unpaired) electrons. The van der Waals surface area contributed by atoms with Crippen molar-refractivity contribution in [3.8, 4) is 0 Å². The summed E-state index contributed by atoms with van der Waals surface area (Å²) in [7, 11) is 0. The molecule has 0 aliphatic carbocycles. The van der Waals surface area contributed by atoms with Crippen LogP contribution < -0.4 is 10.6 Å². The first kappa shape index (κ1) is 23.4. The van der Waals surface area contributed by atoms with Gasteiger partial charge in [0, 0.05) is 35.8 Å². The predicted molar refractivity (Wildman–Crippen MR) is 133 cm³/mol. The van der Waals surface area contributed by atoms with Crippen LogP contribution in [0.4, 0.5) is 5.69 Å². The minimum Gasteiger partial charge on any atom is -0.349 e. The van der Waals surface area contributed by atoms with Crippen molar-refractivity contribution in [3.05, 3.63) is 101 Å². The van der Waals surface area contributed by atoms with E-state index in [1.807, 2.05) is 49.4 Å². The summed E-state index contributed by atoms with van der Waals surface area (Å²) < 4.78 is 0. The van der Waals surface area contributed by atoms with Crippen LogP contribution in [0.25, 0.3) is 0 Å². The van der Waals surface area contributed by atoms with Crippen LogP contribution in [-0.4, -0.2) is 48.2 Å². The van der Waals surface area contributed by atoms with Crippen molar-refractivity contribution in [1.82, 2.24) is 10.2 Å². The number of carbonyl (C=O) groups is 3. The van der Waals surface area contributed by atoms with Gasteiger partial charge in [0.1, 0.15) is 0 Å². The third-order valence-corrected chi connectivity index (χ3v) is 6.16. The van der Waals surface area contributed by atoms with Gasteiger partial charge in [0.25, 0.3) is 5.91 Å². The Morgan fingerprint density at radius 3 is 2.15 bits per heavy atom. The fourth-order valence-corrected chi connectivity index (χ4v) is 4.25. The van der Waals surface area contributed by atoms with Crippen LogP contribution in [0.2, 0.25) is 0 Å². The Bertz CT molecular complexity index is 1170. The normalized spacial score (nSPS) is 14.4. The number of hydrogen-bond acceptors (Lipinski definition) is 4. The van der Waals surface area contributed by atoms with Crippen molar-refractivity contribution in [1.29, 1.82) is 0 Å². The van der Waals surface area contributed by atoms with Crippen molar-refractivity contribution in [2.75, 3.05) is 25.0 Å². The number of para-hydroxylation sites is 1. The number of aryl methyl sites for hydroxylation is 1. The van der Waals surface area contributed by atoms with Crippen LogP contribution >= 0.6 is 0 Å². The second-order valence-electron chi connectivity index (χ2n) is 8.63. The van der Waals surface area contributed by atoms with Gasteiger partial charge in [-0.2, -0.15) is 0 Å². The quantitative estimate of drug-likeness (QED) is 0.527. The molecule has 0 spiro atoms. The SMILES string of the molecule is Cc1ccccc1C(=O)NC1CCN(CC(=O)Nc2ccccc2C(=O)c2ccccc2)CC1. The molecular formula is C28H29N3O3. The van der Waals surface area contributed by atoms with Gasteiger partial charge in [0.2, 0.25) is 5.91 Å². The summed E-state index contributed by atoms with van der Waals surface area (Å²) in [4.78, 5) is 40.3. The molecule has 0 unspecified atom stereocenters. The molecule has 6 nitrogen and oxygen atoms in total. The lowest BCUT2D eigenvalue weighted by Crippen LogP contribution is -2.46. The van der Waals surface area contributed by atoms with E-state index >= 15 is 0 Å². The van der Waals surface area contributed by atoms with Crippen LogP contribution in [0.5, 0.6) is 0 Å². The third kappa shape index (κ3) is 5.77. The molecule has 2 amide bonds. The fraction of sp³-hybridized carbons (Fsp3) is 0.250. The summed E-state index contributed by atoms with van der Waals surface area (Å²) in [6.45, 7) is 3.61. The zero-order valence-electron chi connectivity index (χ0n) is 19.3. The van der Waals surface area contributed by atoms with E-state index in [-0.39, 0.29) is 30.2 Å². The van der Waals surface area contributed by atoms with Gasteiger partial charge in [-0.25, -0.2) is 0 Å². The van der Waals surface area contributed by atoms with Crippen LogP contribution in [0.15, 0.2) is 78.9 Å². The Balaban J connectivity index is 1.29. The van der Waals surface area contributed by atoms with Crippen molar-refractivity contribution in [2.45, 2.75) is 25.8 Å². The molecule has 2 N–H and O–H groups in total. The third-order valence-electron chi connectivity index (χ3n) is 6.16. The molecule has 3 aromatic rings. The van der Waals surface area contributed by atoms with E-state index in [1.54, 1.807) is 36.4 Å². The van der Waals surface area contributed by atoms with Gasteiger partial charge in [0.15, 0.2) is 5.78 Å². The molecule has 1 aliphatic rings. The van der Waals surface area contributed by atoms with Crippen LogP contribution in [0.3, 0.4) is 0 Å².